The van der Waals surface area contributed by atoms with Crippen molar-refractivity contribution in [3.05, 3.63) is 45.9 Å². The molecule has 1 heterocycles. The Kier molecular flexibility index (Phi) is 3.31. The minimum Gasteiger partial charge on any atom is -0.322 e. The molecule has 0 aliphatic heterocycles. The summed E-state index contributed by atoms with van der Waals surface area (Å²) in [6.45, 7) is 0. The summed E-state index contributed by atoms with van der Waals surface area (Å²) in [6, 6.07) is 4.60. The number of hydrogen-bond donors (Lipinski definition) is 2. The topological polar surface area (TPSA) is 67.6 Å². The van der Waals surface area contributed by atoms with Gasteiger partial charge in [-0.05, 0) is 40.0 Å². The van der Waals surface area contributed by atoms with E-state index in [1.165, 1.54) is 6.07 Å². The highest BCUT2D eigenvalue weighted by Crippen LogP contribution is 2.20. The lowest BCUT2D eigenvalue weighted by molar-refractivity contribution is 0.618. The number of rotatable bonds is 3. The third kappa shape index (κ3) is 2.45. The van der Waals surface area contributed by atoms with Crippen LogP contribution in [0.25, 0.3) is 0 Å². The predicted molar refractivity (Wildman–Crippen MR) is 61.1 cm³/mol. The Hall–Kier alpha value is -1.27. The van der Waals surface area contributed by atoms with Crippen LogP contribution < -0.4 is 5.73 Å². The molecular weight excluding hydrogens is 275 g/mol. The minimum absolute atomic E-state index is 0.240. The molecule has 0 fully saturated rings. The molecule has 2 rings (SSSR count). The zero-order chi connectivity index (χ0) is 11.5. The third-order valence-corrected chi connectivity index (χ3v) is 2.86. The Labute approximate surface area is 100 Å². The first-order chi connectivity index (χ1) is 7.66. The van der Waals surface area contributed by atoms with Crippen molar-refractivity contribution in [3.63, 3.8) is 0 Å². The number of halogens is 2. The van der Waals surface area contributed by atoms with Gasteiger partial charge < -0.3 is 5.73 Å². The fraction of sp³-hybridized carbons (Fsp3) is 0.200. The number of nitrogens with one attached hydrogen (secondary N) is 1. The Morgan fingerprint density at radius 2 is 2.31 bits per heavy atom. The molecule has 4 nitrogen and oxygen atoms in total. The quantitative estimate of drug-likeness (QED) is 0.905. The van der Waals surface area contributed by atoms with Crippen molar-refractivity contribution < 1.29 is 4.39 Å². The van der Waals surface area contributed by atoms with Gasteiger partial charge in [-0.2, -0.15) is 15.4 Å². The summed E-state index contributed by atoms with van der Waals surface area (Å²) in [5.41, 5.74) is 7.57. The van der Waals surface area contributed by atoms with Gasteiger partial charge >= 0.3 is 0 Å². The van der Waals surface area contributed by atoms with Crippen LogP contribution in [0.4, 0.5) is 4.39 Å². The van der Waals surface area contributed by atoms with Crippen LogP contribution >= 0.6 is 15.9 Å². The van der Waals surface area contributed by atoms with Gasteiger partial charge in [0.1, 0.15) is 5.82 Å². The molecule has 2 aromatic rings. The summed E-state index contributed by atoms with van der Waals surface area (Å²) in [7, 11) is 0. The number of benzene rings is 1. The van der Waals surface area contributed by atoms with Crippen molar-refractivity contribution >= 4 is 15.9 Å². The zero-order valence-electron chi connectivity index (χ0n) is 8.32. The van der Waals surface area contributed by atoms with Gasteiger partial charge in [0.2, 0.25) is 0 Å². The summed E-state index contributed by atoms with van der Waals surface area (Å²) < 4.78 is 13.4. The highest BCUT2D eigenvalue weighted by atomic mass is 79.9. The van der Waals surface area contributed by atoms with Crippen LogP contribution in [0.2, 0.25) is 0 Å². The molecule has 0 aliphatic rings. The van der Waals surface area contributed by atoms with Crippen LogP contribution in [0.15, 0.2) is 28.9 Å². The van der Waals surface area contributed by atoms with E-state index in [-0.39, 0.29) is 11.9 Å². The van der Waals surface area contributed by atoms with Crippen molar-refractivity contribution in [2.24, 2.45) is 5.73 Å². The number of aromatic nitrogens is 3. The third-order valence-electron chi connectivity index (χ3n) is 2.25. The molecule has 0 amide bonds. The molecule has 1 atom stereocenters. The number of nitrogens with two attached hydrogens (primary N) is 1. The summed E-state index contributed by atoms with van der Waals surface area (Å²) in [5, 5.41) is 10.1. The normalized spacial score (nSPS) is 12.7. The molecule has 1 unspecified atom stereocenters. The molecule has 0 aliphatic carbocycles. The van der Waals surface area contributed by atoms with E-state index < -0.39 is 0 Å². The van der Waals surface area contributed by atoms with E-state index in [4.69, 9.17) is 5.73 Å². The second kappa shape index (κ2) is 4.71. The average Bonchev–Trinajstić information content (AvgIpc) is 2.77. The van der Waals surface area contributed by atoms with Crippen LogP contribution in [-0.2, 0) is 6.42 Å². The lowest BCUT2D eigenvalue weighted by Gasteiger charge is -2.08. The molecule has 0 radical (unpaired) electrons. The molecule has 1 aromatic carbocycles. The summed E-state index contributed by atoms with van der Waals surface area (Å²) >= 11 is 3.13. The predicted octanol–water partition coefficient (Wildman–Crippen LogP) is 1.95. The first-order valence-electron chi connectivity index (χ1n) is 4.72. The van der Waals surface area contributed by atoms with Crippen LogP contribution in [0.3, 0.4) is 0 Å². The van der Waals surface area contributed by atoms with Gasteiger partial charge in [-0.1, -0.05) is 6.07 Å². The van der Waals surface area contributed by atoms with Gasteiger partial charge in [0.25, 0.3) is 0 Å². The first kappa shape index (κ1) is 11.2. The Bertz CT molecular complexity index is 472. The van der Waals surface area contributed by atoms with E-state index in [9.17, 15) is 4.39 Å². The maximum atomic E-state index is 13.0. The molecule has 0 saturated carbocycles. The number of nitrogens with zero attached hydrogens (tertiary/aromatic N) is 2. The molecule has 0 saturated heterocycles. The molecule has 84 valence electrons. The maximum Gasteiger partial charge on any atom is 0.137 e. The van der Waals surface area contributed by atoms with Gasteiger partial charge in [0, 0.05) is 0 Å². The lowest BCUT2D eigenvalue weighted by atomic mass is 10.0. The maximum absolute atomic E-state index is 13.0. The second-order valence-electron chi connectivity index (χ2n) is 3.45. The average molecular weight is 285 g/mol. The Morgan fingerprint density at radius 1 is 1.50 bits per heavy atom. The largest absolute Gasteiger partial charge is 0.322 e. The van der Waals surface area contributed by atoms with Crippen LogP contribution in [0, 0.1) is 5.82 Å². The molecule has 6 heteroatoms. The fourth-order valence-corrected chi connectivity index (χ4v) is 1.84. The molecule has 3 N–H and O–H groups in total. The van der Waals surface area contributed by atoms with Gasteiger partial charge in [0.15, 0.2) is 0 Å². The summed E-state index contributed by atoms with van der Waals surface area (Å²) in [6.07, 6.45) is 2.18. The van der Waals surface area contributed by atoms with Crippen molar-refractivity contribution in [3.8, 4) is 0 Å². The van der Waals surface area contributed by atoms with Crippen LogP contribution in [0.1, 0.15) is 17.3 Å². The van der Waals surface area contributed by atoms with Crippen molar-refractivity contribution in [2.75, 3.05) is 0 Å². The monoisotopic (exact) mass is 284 g/mol. The second-order valence-corrected chi connectivity index (χ2v) is 4.31. The Morgan fingerprint density at radius 3 is 2.94 bits per heavy atom. The highest BCUT2D eigenvalue weighted by molar-refractivity contribution is 9.10. The van der Waals surface area contributed by atoms with Gasteiger partial charge in [-0.25, -0.2) is 4.39 Å². The van der Waals surface area contributed by atoms with Crippen LogP contribution in [0.5, 0.6) is 0 Å². The smallest absolute Gasteiger partial charge is 0.137 e. The molecule has 0 bridgehead atoms. The van der Waals surface area contributed by atoms with Crippen molar-refractivity contribution in [1.29, 1.82) is 0 Å². The Balaban J connectivity index is 2.12. The lowest BCUT2D eigenvalue weighted by Crippen LogP contribution is -2.13. The van der Waals surface area contributed by atoms with E-state index in [1.807, 2.05) is 0 Å². The van der Waals surface area contributed by atoms with E-state index in [0.29, 0.717) is 16.6 Å². The minimum atomic E-state index is -0.279. The van der Waals surface area contributed by atoms with Crippen molar-refractivity contribution in [2.45, 2.75) is 12.5 Å². The summed E-state index contributed by atoms with van der Waals surface area (Å²) in [5.74, 6) is -0.279. The van der Waals surface area contributed by atoms with E-state index in [0.717, 1.165) is 5.56 Å². The van der Waals surface area contributed by atoms with E-state index >= 15 is 0 Å². The van der Waals surface area contributed by atoms with Crippen molar-refractivity contribution in [1.82, 2.24) is 15.4 Å². The zero-order valence-corrected chi connectivity index (χ0v) is 9.91. The number of hydrogen-bond acceptors (Lipinski definition) is 3. The van der Waals surface area contributed by atoms with Gasteiger partial charge in [-0.3, -0.25) is 0 Å². The summed E-state index contributed by atoms with van der Waals surface area (Å²) in [4.78, 5) is 0. The molecule has 16 heavy (non-hydrogen) atoms. The SMILES string of the molecule is NC(Cc1ccc(F)c(Br)c1)c1cn[nH]n1. The number of aromatic amines is 1. The standard InChI is InChI=1S/C10H10BrFN4/c11-7-3-6(1-2-8(7)12)4-9(13)10-5-14-16-15-10/h1-3,5,9H,4,13H2,(H,14,15,16). The first-order valence-corrected chi connectivity index (χ1v) is 5.51. The van der Waals surface area contributed by atoms with Gasteiger partial charge in [0.05, 0.1) is 22.4 Å². The van der Waals surface area contributed by atoms with E-state index in [2.05, 4.69) is 31.3 Å². The number of H-pyrrole nitrogens is 1. The molecular formula is C10H10BrFN4. The molecule has 0 spiro atoms. The fourth-order valence-electron chi connectivity index (χ4n) is 1.41. The van der Waals surface area contributed by atoms with Gasteiger partial charge in [-0.15, -0.1) is 0 Å². The van der Waals surface area contributed by atoms with Crippen LogP contribution in [-0.4, -0.2) is 15.4 Å². The molecule has 1 aromatic heterocycles. The highest BCUT2D eigenvalue weighted by Gasteiger charge is 2.10. The van der Waals surface area contributed by atoms with E-state index in [1.54, 1.807) is 18.3 Å².